The number of benzene rings is 2. The lowest BCUT2D eigenvalue weighted by molar-refractivity contribution is 0.626. The van der Waals surface area contributed by atoms with Crippen molar-refractivity contribution < 1.29 is 4.39 Å². The minimum atomic E-state index is -0.284. The van der Waals surface area contributed by atoms with Gasteiger partial charge in [0, 0.05) is 16.6 Å². The van der Waals surface area contributed by atoms with E-state index in [9.17, 15) is 4.39 Å². The topological polar surface area (TPSA) is 26.0 Å². The maximum atomic E-state index is 13.5. The largest absolute Gasteiger partial charge is 0.324 e. The van der Waals surface area contributed by atoms with Gasteiger partial charge in [0.15, 0.2) is 0 Å². The van der Waals surface area contributed by atoms with Crippen molar-refractivity contribution in [1.29, 1.82) is 0 Å². The first-order valence-corrected chi connectivity index (χ1v) is 6.60. The Morgan fingerprint density at radius 1 is 1.05 bits per heavy atom. The summed E-state index contributed by atoms with van der Waals surface area (Å²) in [6, 6.07) is 8.36. The highest BCUT2D eigenvalue weighted by molar-refractivity contribution is 6.33. The first-order chi connectivity index (χ1) is 8.90. The van der Waals surface area contributed by atoms with Gasteiger partial charge in [-0.2, -0.15) is 0 Å². The molecule has 0 bridgehead atoms. The van der Waals surface area contributed by atoms with E-state index in [0.717, 1.165) is 27.8 Å². The summed E-state index contributed by atoms with van der Waals surface area (Å²) >= 11 is 6.30. The van der Waals surface area contributed by atoms with Crippen LogP contribution in [0.15, 0.2) is 30.3 Å². The van der Waals surface area contributed by atoms with Crippen molar-refractivity contribution in [3.8, 4) is 11.1 Å². The van der Waals surface area contributed by atoms with Crippen LogP contribution in [0.25, 0.3) is 11.1 Å². The van der Waals surface area contributed by atoms with Crippen molar-refractivity contribution in [3.63, 3.8) is 0 Å². The second-order valence-electron chi connectivity index (χ2n) is 4.94. The van der Waals surface area contributed by atoms with Gasteiger partial charge >= 0.3 is 0 Å². The molecule has 2 aromatic rings. The summed E-state index contributed by atoms with van der Waals surface area (Å²) in [6.07, 6.45) is 0. The predicted molar refractivity (Wildman–Crippen MR) is 78.9 cm³/mol. The van der Waals surface area contributed by atoms with E-state index in [2.05, 4.69) is 0 Å². The monoisotopic (exact) mass is 277 g/mol. The zero-order chi connectivity index (χ0) is 14.2. The summed E-state index contributed by atoms with van der Waals surface area (Å²) in [6.45, 7) is 5.90. The molecule has 0 aliphatic rings. The van der Waals surface area contributed by atoms with Gasteiger partial charge in [0.05, 0.1) is 0 Å². The summed E-state index contributed by atoms with van der Waals surface area (Å²) in [7, 11) is 0. The Morgan fingerprint density at radius 3 is 2.32 bits per heavy atom. The first-order valence-electron chi connectivity index (χ1n) is 6.22. The molecule has 1 atom stereocenters. The molecular formula is C16H17ClFN. The van der Waals surface area contributed by atoms with E-state index >= 15 is 0 Å². The van der Waals surface area contributed by atoms with Gasteiger partial charge in [-0.15, -0.1) is 0 Å². The third-order valence-electron chi connectivity index (χ3n) is 3.38. The Balaban J connectivity index is 2.71. The van der Waals surface area contributed by atoms with Gasteiger partial charge in [-0.05, 0) is 67.3 Å². The Hall–Kier alpha value is -1.38. The van der Waals surface area contributed by atoms with Crippen molar-refractivity contribution in [1.82, 2.24) is 0 Å². The molecule has 0 fully saturated rings. The molecule has 0 saturated carbocycles. The summed E-state index contributed by atoms with van der Waals surface area (Å²) in [5.74, 6) is -0.284. The highest BCUT2D eigenvalue weighted by Crippen LogP contribution is 2.35. The summed E-state index contributed by atoms with van der Waals surface area (Å²) < 4.78 is 13.5. The van der Waals surface area contributed by atoms with Crippen molar-refractivity contribution in [2.24, 2.45) is 5.73 Å². The number of rotatable bonds is 2. The summed E-state index contributed by atoms with van der Waals surface area (Å²) in [4.78, 5) is 0. The number of nitrogens with two attached hydrogens (primary N) is 1. The maximum Gasteiger partial charge on any atom is 0.123 e. The molecule has 3 heteroatoms. The van der Waals surface area contributed by atoms with Crippen molar-refractivity contribution in [3.05, 3.63) is 57.9 Å². The quantitative estimate of drug-likeness (QED) is 0.840. The van der Waals surface area contributed by atoms with E-state index in [4.69, 9.17) is 17.3 Å². The number of aryl methyl sites for hydroxylation is 2. The van der Waals surface area contributed by atoms with Gasteiger partial charge in [0.2, 0.25) is 0 Å². The van der Waals surface area contributed by atoms with Crippen LogP contribution in [0, 0.1) is 19.7 Å². The molecular weight excluding hydrogens is 261 g/mol. The average molecular weight is 278 g/mol. The number of halogens is 2. The standard InChI is InChI=1S/C16H17ClFN/c1-9-6-15(16(17)7-10(9)2)14-8-12(18)4-5-13(14)11(3)19/h4-8,11H,19H2,1-3H3. The molecule has 2 N–H and O–H groups in total. The lowest BCUT2D eigenvalue weighted by atomic mass is 9.93. The lowest BCUT2D eigenvalue weighted by Gasteiger charge is -2.15. The Kier molecular flexibility index (Phi) is 3.93. The van der Waals surface area contributed by atoms with E-state index < -0.39 is 0 Å². The average Bonchev–Trinajstić information content (AvgIpc) is 2.33. The molecule has 0 aliphatic heterocycles. The van der Waals surface area contributed by atoms with E-state index in [1.165, 1.54) is 12.1 Å². The smallest absolute Gasteiger partial charge is 0.123 e. The van der Waals surface area contributed by atoms with Crippen LogP contribution in [-0.2, 0) is 0 Å². The lowest BCUT2D eigenvalue weighted by Crippen LogP contribution is -2.07. The van der Waals surface area contributed by atoms with Crippen molar-refractivity contribution in [2.75, 3.05) is 0 Å². The molecule has 0 radical (unpaired) electrons. The van der Waals surface area contributed by atoms with E-state index in [1.807, 2.05) is 32.9 Å². The highest BCUT2D eigenvalue weighted by atomic mass is 35.5. The normalized spacial score (nSPS) is 12.5. The minimum Gasteiger partial charge on any atom is -0.324 e. The molecule has 19 heavy (non-hydrogen) atoms. The predicted octanol–water partition coefficient (Wildman–Crippen LogP) is 4.78. The zero-order valence-corrected chi connectivity index (χ0v) is 12.1. The van der Waals surface area contributed by atoms with Gasteiger partial charge in [-0.3, -0.25) is 0 Å². The molecule has 0 aromatic heterocycles. The minimum absolute atomic E-state index is 0.173. The molecule has 1 nitrogen and oxygen atoms in total. The summed E-state index contributed by atoms with van der Waals surface area (Å²) in [5, 5.41) is 0.621. The molecule has 2 aromatic carbocycles. The third-order valence-corrected chi connectivity index (χ3v) is 3.69. The molecule has 0 aliphatic carbocycles. The van der Waals surface area contributed by atoms with Crippen LogP contribution in [0.1, 0.15) is 29.7 Å². The summed E-state index contributed by atoms with van der Waals surface area (Å²) in [5.41, 5.74) is 10.7. The van der Waals surface area contributed by atoms with Gasteiger partial charge in [-0.1, -0.05) is 17.7 Å². The van der Waals surface area contributed by atoms with Crippen LogP contribution in [0.2, 0.25) is 5.02 Å². The van der Waals surface area contributed by atoms with Gasteiger partial charge in [0.25, 0.3) is 0 Å². The number of hydrogen-bond acceptors (Lipinski definition) is 1. The fourth-order valence-corrected chi connectivity index (χ4v) is 2.47. The zero-order valence-electron chi connectivity index (χ0n) is 11.3. The Bertz CT molecular complexity index is 620. The van der Waals surface area contributed by atoms with Crippen LogP contribution in [0.4, 0.5) is 4.39 Å². The van der Waals surface area contributed by atoms with Gasteiger partial charge in [0.1, 0.15) is 5.82 Å². The van der Waals surface area contributed by atoms with Crippen LogP contribution < -0.4 is 5.73 Å². The van der Waals surface area contributed by atoms with Crippen molar-refractivity contribution >= 4 is 11.6 Å². The van der Waals surface area contributed by atoms with Gasteiger partial charge in [-0.25, -0.2) is 4.39 Å². The molecule has 1 unspecified atom stereocenters. The number of hydrogen-bond donors (Lipinski definition) is 1. The van der Waals surface area contributed by atoms with Gasteiger partial charge < -0.3 is 5.73 Å². The van der Waals surface area contributed by atoms with Crippen LogP contribution in [0.3, 0.4) is 0 Å². The second-order valence-corrected chi connectivity index (χ2v) is 5.34. The Labute approximate surface area is 118 Å². The van der Waals surface area contributed by atoms with E-state index in [1.54, 1.807) is 6.07 Å². The second kappa shape index (κ2) is 5.32. The molecule has 100 valence electrons. The molecule has 0 spiro atoms. The molecule has 2 rings (SSSR count). The first kappa shape index (κ1) is 14.0. The molecule has 0 amide bonds. The highest BCUT2D eigenvalue weighted by Gasteiger charge is 2.13. The third kappa shape index (κ3) is 2.80. The SMILES string of the molecule is Cc1cc(Cl)c(-c2cc(F)ccc2C(C)N)cc1C. The van der Waals surface area contributed by atoms with E-state index in [0.29, 0.717) is 5.02 Å². The molecule has 0 heterocycles. The molecule has 0 saturated heterocycles. The van der Waals surface area contributed by atoms with Crippen LogP contribution in [0.5, 0.6) is 0 Å². The van der Waals surface area contributed by atoms with Crippen LogP contribution in [-0.4, -0.2) is 0 Å². The van der Waals surface area contributed by atoms with E-state index in [-0.39, 0.29) is 11.9 Å². The Morgan fingerprint density at radius 2 is 1.68 bits per heavy atom. The van der Waals surface area contributed by atoms with Crippen LogP contribution >= 0.6 is 11.6 Å². The van der Waals surface area contributed by atoms with Crippen molar-refractivity contribution in [2.45, 2.75) is 26.8 Å². The fraction of sp³-hybridized carbons (Fsp3) is 0.250. The fourth-order valence-electron chi connectivity index (χ4n) is 2.15. The maximum absolute atomic E-state index is 13.5.